The Balaban J connectivity index is 1.56. The number of hydrogen-bond donors (Lipinski definition) is 1. The van der Waals surface area contributed by atoms with Crippen molar-refractivity contribution in [3.05, 3.63) is 71.9 Å². The zero-order valence-electron chi connectivity index (χ0n) is 20.7. The van der Waals surface area contributed by atoms with Gasteiger partial charge in [-0.1, -0.05) is 68.5 Å². The molecule has 1 saturated carbocycles. The number of hydrogen-bond acceptors (Lipinski definition) is 5. The predicted molar refractivity (Wildman–Crippen MR) is 129 cm³/mol. The average Bonchev–Trinajstić information content (AvgIpc) is 3.02. The van der Waals surface area contributed by atoms with Crippen molar-refractivity contribution < 1.29 is 24.2 Å². The van der Waals surface area contributed by atoms with Crippen molar-refractivity contribution in [1.82, 2.24) is 0 Å². The van der Waals surface area contributed by atoms with E-state index >= 15 is 0 Å². The maximum absolute atomic E-state index is 12.6. The highest BCUT2D eigenvalue weighted by Gasteiger charge is 2.73. The van der Waals surface area contributed by atoms with Crippen LogP contribution >= 0.6 is 0 Å². The van der Waals surface area contributed by atoms with Crippen molar-refractivity contribution in [2.24, 2.45) is 16.7 Å². The summed E-state index contributed by atoms with van der Waals surface area (Å²) in [6.45, 7) is 13.1. The van der Waals surface area contributed by atoms with Crippen LogP contribution in [-0.2, 0) is 19.1 Å². The van der Waals surface area contributed by atoms with Crippen LogP contribution in [-0.4, -0.2) is 40.8 Å². The van der Waals surface area contributed by atoms with Crippen LogP contribution in [0.3, 0.4) is 0 Å². The lowest BCUT2D eigenvalue weighted by Crippen LogP contribution is -2.44. The van der Waals surface area contributed by atoms with Gasteiger partial charge in [0.05, 0.1) is 18.1 Å². The van der Waals surface area contributed by atoms with Gasteiger partial charge in [-0.05, 0) is 51.8 Å². The van der Waals surface area contributed by atoms with E-state index in [-0.39, 0.29) is 23.9 Å². The quantitative estimate of drug-likeness (QED) is 0.271. The van der Waals surface area contributed by atoms with E-state index in [0.29, 0.717) is 0 Å². The van der Waals surface area contributed by atoms with E-state index in [2.05, 4.69) is 0 Å². The normalized spacial score (nSPS) is 41.8. The van der Waals surface area contributed by atoms with Crippen molar-refractivity contribution in [3.63, 3.8) is 0 Å². The molecular formula is C28H36O5. The second-order valence-corrected chi connectivity index (χ2v) is 10.1. The number of ether oxygens (including phenoxy) is 2. The maximum Gasteiger partial charge on any atom is 0.320 e. The second kappa shape index (κ2) is 9.03. The van der Waals surface area contributed by atoms with Crippen molar-refractivity contribution in [2.45, 2.75) is 72.4 Å². The van der Waals surface area contributed by atoms with Crippen molar-refractivity contribution in [3.8, 4) is 0 Å². The summed E-state index contributed by atoms with van der Waals surface area (Å²) >= 11 is 0. The molecule has 2 unspecified atom stereocenters. The summed E-state index contributed by atoms with van der Waals surface area (Å²) in [4.78, 5) is 24.8. The van der Waals surface area contributed by atoms with E-state index in [1.807, 2.05) is 95.4 Å². The molecule has 3 aliphatic rings. The van der Waals surface area contributed by atoms with Gasteiger partial charge in [0, 0.05) is 5.41 Å². The summed E-state index contributed by atoms with van der Waals surface area (Å²) in [6.07, 6.45) is 18.4. The topological polar surface area (TPSA) is 72.8 Å². The van der Waals surface area contributed by atoms with E-state index in [1.54, 1.807) is 13.8 Å². The molecule has 33 heavy (non-hydrogen) atoms. The molecule has 5 heteroatoms. The standard InChI is InChI=1S/C28H36O5/c1-18(22-19(2)17-27(6,31)21(4)32-22)15-13-11-9-8-10-12-14-16-26(5)24-20(3)23(29)28(26,7)25(30)33-24/h8-17,20-22,24,31H,1-7H3/b9-8+,12-10+,13-11+,16-14+,18-15+/t20-,21+,22-,24?,26+,27+,28?/m0/s1. The minimum absolute atomic E-state index is 0.0302. The third-order valence-electron chi connectivity index (χ3n) is 7.65. The van der Waals surface area contributed by atoms with Crippen LogP contribution in [0.4, 0.5) is 0 Å². The Morgan fingerprint density at radius 2 is 1.58 bits per heavy atom. The second-order valence-electron chi connectivity index (χ2n) is 10.1. The summed E-state index contributed by atoms with van der Waals surface area (Å²) in [5.74, 6) is -0.718. The minimum Gasteiger partial charge on any atom is -0.460 e. The average molecular weight is 453 g/mol. The van der Waals surface area contributed by atoms with E-state index in [0.717, 1.165) is 11.1 Å². The summed E-state index contributed by atoms with van der Waals surface area (Å²) in [6, 6.07) is 0. The Morgan fingerprint density at radius 3 is 2.18 bits per heavy atom. The van der Waals surface area contributed by atoms with Crippen LogP contribution in [0.2, 0.25) is 0 Å². The molecule has 0 amide bonds. The molecule has 0 spiro atoms. The van der Waals surface area contributed by atoms with Gasteiger partial charge in [0.2, 0.25) is 0 Å². The number of carbonyl (C=O) groups excluding carboxylic acids is 2. The van der Waals surface area contributed by atoms with Gasteiger partial charge in [0.1, 0.15) is 17.1 Å². The highest BCUT2D eigenvalue weighted by atomic mass is 16.6. The molecule has 178 valence electrons. The van der Waals surface area contributed by atoms with Crippen LogP contribution < -0.4 is 0 Å². The third-order valence-corrected chi connectivity index (χ3v) is 7.65. The molecule has 1 N–H and O–H groups in total. The van der Waals surface area contributed by atoms with Gasteiger partial charge in [-0.2, -0.15) is 0 Å². The SMILES string of the molecule is CC1=C[C@@](C)(O)[C@@H](C)O[C@H]1/C(C)=C/C=C/C=C/C=C/C=C/[C@]1(C)C2OC(=O)C1(C)C(=O)[C@@H]2C. The number of rotatable bonds is 6. The maximum atomic E-state index is 12.6. The molecule has 2 fully saturated rings. The van der Waals surface area contributed by atoms with Gasteiger partial charge in [0.15, 0.2) is 5.78 Å². The van der Waals surface area contributed by atoms with Crippen LogP contribution in [0.5, 0.6) is 0 Å². The Labute approximate surface area is 197 Å². The monoisotopic (exact) mass is 452 g/mol. The lowest BCUT2D eigenvalue weighted by molar-refractivity contribution is -0.161. The summed E-state index contributed by atoms with van der Waals surface area (Å²) in [5.41, 5.74) is -0.596. The first kappa shape index (κ1) is 25.1. The molecule has 2 aliphatic heterocycles. The Bertz CT molecular complexity index is 992. The molecule has 5 nitrogen and oxygen atoms in total. The Morgan fingerprint density at radius 1 is 1.00 bits per heavy atom. The summed E-state index contributed by atoms with van der Waals surface area (Å²) in [7, 11) is 0. The largest absolute Gasteiger partial charge is 0.460 e. The minimum atomic E-state index is -1.10. The summed E-state index contributed by atoms with van der Waals surface area (Å²) < 4.78 is 11.5. The van der Waals surface area contributed by atoms with E-state index in [9.17, 15) is 14.7 Å². The number of esters is 1. The van der Waals surface area contributed by atoms with Crippen molar-refractivity contribution in [2.75, 3.05) is 0 Å². The first-order chi connectivity index (χ1) is 15.4. The Hall–Kier alpha value is -2.50. The first-order valence-electron chi connectivity index (χ1n) is 11.5. The van der Waals surface area contributed by atoms with E-state index in [1.165, 1.54) is 0 Å². The number of Topliss-reactive ketones (excluding diaryl/α,β-unsaturated/α-hetero) is 1. The smallest absolute Gasteiger partial charge is 0.320 e. The molecule has 0 aromatic heterocycles. The lowest BCUT2D eigenvalue weighted by Gasteiger charge is -2.37. The van der Waals surface area contributed by atoms with Gasteiger partial charge in [-0.3, -0.25) is 9.59 Å². The molecule has 7 atom stereocenters. The fraction of sp³-hybridized carbons (Fsp3) is 0.500. The van der Waals surface area contributed by atoms with Crippen molar-refractivity contribution in [1.29, 1.82) is 0 Å². The van der Waals surface area contributed by atoms with Crippen LogP contribution in [0.1, 0.15) is 48.5 Å². The number of aliphatic hydroxyl groups is 1. The number of fused-ring (bicyclic) bond motifs is 2. The molecule has 0 aromatic carbocycles. The van der Waals surface area contributed by atoms with E-state index < -0.39 is 28.5 Å². The van der Waals surface area contributed by atoms with Gasteiger partial charge in [0.25, 0.3) is 0 Å². The third kappa shape index (κ3) is 4.24. The zero-order chi connectivity index (χ0) is 24.6. The molecule has 1 aliphatic carbocycles. The van der Waals surface area contributed by atoms with Gasteiger partial charge >= 0.3 is 5.97 Å². The number of ketones is 1. The van der Waals surface area contributed by atoms with E-state index in [4.69, 9.17) is 9.47 Å². The van der Waals surface area contributed by atoms with Crippen molar-refractivity contribution >= 4 is 11.8 Å². The lowest BCUT2D eigenvalue weighted by atomic mass is 9.68. The van der Waals surface area contributed by atoms with Gasteiger partial charge in [-0.15, -0.1) is 0 Å². The van der Waals surface area contributed by atoms with Gasteiger partial charge in [-0.25, -0.2) is 0 Å². The fourth-order valence-electron chi connectivity index (χ4n) is 5.14. The van der Waals surface area contributed by atoms with Crippen LogP contribution in [0.15, 0.2) is 71.9 Å². The molecule has 2 heterocycles. The summed E-state index contributed by atoms with van der Waals surface area (Å²) in [5, 5.41) is 10.3. The molecule has 3 rings (SSSR count). The predicted octanol–water partition coefficient (Wildman–Crippen LogP) is 4.80. The highest BCUT2D eigenvalue weighted by molar-refractivity contribution is 6.10. The number of allylic oxidation sites excluding steroid dienone is 8. The molecular weight excluding hydrogens is 416 g/mol. The Kier molecular flexibility index (Phi) is 6.88. The number of carbonyl (C=O) groups is 2. The molecule has 1 saturated heterocycles. The first-order valence-corrected chi connectivity index (χ1v) is 11.5. The van der Waals surface area contributed by atoms with Crippen LogP contribution in [0, 0.1) is 16.7 Å². The molecule has 0 aromatic rings. The molecule has 2 bridgehead atoms. The zero-order valence-corrected chi connectivity index (χ0v) is 20.7. The highest BCUT2D eigenvalue weighted by Crippen LogP contribution is 2.60. The van der Waals surface area contributed by atoms with Crippen LogP contribution in [0.25, 0.3) is 0 Å². The molecule has 0 radical (unpaired) electrons. The fourth-order valence-corrected chi connectivity index (χ4v) is 5.14. The van der Waals surface area contributed by atoms with Gasteiger partial charge < -0.3 is 14.6 Å².